The first-order valence-corrected chi connectivity index (χ1v) is 2.38. The first-order valence-electron chi connectivity index (χ1n) is 2.38. The number of hydrogen-bond donors (Lipinski definition) is 1. The van der Waals surface area contributed by atoms with Crippen LogP contribution in [0.15, 0.2) is 0 Å². The van der Waals surface area contributed by atoms with E-state index in [4.69, 9.17) is 5.11 Å². The van der Waals surface area contributed by atoms with Crippen LogP contribution in [0.2, 0.25) is 0 Å². The second-order valence-electron chi connectivity index (χ2n) is 1.91. The Hall–Kier alpha value is 0.492. The predicted molar refractivity (Wildman–Crippen MR) is 36.5 cm³/mol. The van der Waals surface area contributed by atoms with Gasteiger partial charge in [-0.15, -0.1) is 0 Å². The van der Waals surface area contributed by atoms with E-state index in [1.165, 1.54) is 0 Å². The number of rotatable bonds is 2. The number of aliphatic hydroxyl groups excluding tert-OH is 1. The van der Waals surface area contributed by atoms with Crippen molar-refractivity contribution in [3.05, 3.63) is 0 Å². The highest BCUT2D eigenvalue weighted by atomic mass is 27.0. The molecule has 2 heteroatoms. The van der Waals surface area contributed by atoms with Gasteiger partial charge < -0.3 is 5.11 Å². The lowest BCUT2D eigenvalue weighted by molar-refractivity contribution is 0.268. The standard InChI is InChI=1S/C5H12O.Al.3H/c1-5(2)3-4-6;;;;/h5-6H,3-4H2,1-2H3;;;;. The molecule has 0 aromatic carbocycles. The van der Waals surface area contributed by atoms with E-state index >= 15 is 0 Å². The van der Waals surface area contributed by atoms with Gasteiger partial charge in [-0.25, -0.2) is 0 Å². The van der Waals surface area contributed by atoms with E-state index in [0.29, 0.717) is 12.5 Å². The molecule has 0 rings (SSSR count). The van der Waals surface area contributed by atoms with E-state index in [0.717, 1.165) is 6.42 Å². The summed E-state index contributed by atoms with van der Waals surface area (Å²) >= 11 is 0. The molecule has 0 aliphatic rings. The summed E-state index contributed by atoms with van der Waals surface area (Å²) in [6, 6.07) is 0. The Kier molecular flexibility index (Phi) is 9.71. The highest BCUT2D eigenvalue weighted by Crippen LogP contribution is 1.94. The molecule has 0 unspecified atom stereocenters. The summed E-state index contributed by atoms with van der Waals surface area (Å²) in [5.74, 6) is 0.648. The first-order chi connectivity index (χ1) is 2.77. The molecule has 0 saturated carbocycles. The molecular weight excluding hydrogens is 103 g/mol. The molecule has 0 spiro atoms. The summed E-state index contributed by atoms with van der Waals surface area (Å²) in [5, 5.41) is 8.24. The van der Waals surface area contributed by atoms with Crippen molar-refractivity contribution < 1.29 is 5.11 Å². The maximum Gasteiger partial charge on any atom is 0.187 e. The number of aliphatic hydroxyl groups is 1. The smallest absolute Gasteiger partial charge is 0.187 e. The summed E-state index contributed by atoms with van der Waals surface area (Å²) in [7, 11) is 0. The van der Waals surface area contributed by atoms with Crippen LogP contribution in [0.1, 0.15) is 20.3 Å². The van der Waals surface area contributed by atoms with Crippen LogP contribution < -0.4 is 0 Å². The van der Waals surface area contributed by atoms with Gasteiger partial charge in [-0.05, 0) is 12.3 Å². The van der Waals surface area contributed by atoms with Crippen molar-refractivity contribution in [2.75, 3.05) is 6.61 Å². The van der Waals surface area contributed by atoms with Crippen molar-refractivity contribution in [3.63, 3.8) is 0 Å². The van der Waals surface area contributed by atoms with Crippen molar-refractivity contribution in [1.82, 2.24) is 0 Å². The van der Waals surface area contributed by atoms with Gasteiger partial charge in [0.15, 0.2) is 17.4 Å². The van der Waals surface area contributed by atoms with Crippen LogP contribution in [0.5, 0.6) is 0 Å². The average molecular weight is 118 g/mol. The molecule has 0 amide bonds. The third-order valence-corrected chi connectivity index (χ3v) is 0.706. The van der Waals surface area contributed by atoms with Crippen LogP contribution in [0.4, 0.5) is 0 Å². The monoisotopic (exact) mass is 118 g/mol. The Morgan fingerprint density at radius 3 is 1.86 bits per heavy atom. The van der Waals surface area contributed by atoms with E-state index < -0.39 is 0 Å². The topological polar surface area (TPSA) is 20.2 Å². The van der Waals surface area contributed by atoms with Gasteiger partial charge in [0.05, 0.1) is 0 Å². The fraction of sp³-hybridized carbons (Fsp3) is 1.00. The maximum absolute atomic E-state index is 8.24. The van der Waals surface area contributed by atoms with E-state index in [9.17, 15) is 0 Å². The van der Waals surface area contributed by atoms with Crippen molar-refractivity contribution in [3.8, 4) is 0 Å². The average Bonchev–Trinajstić information content (AvgIpc) is 1.35. The predicted octanol–water partition coefficient (Wildman–Crippen LogP) is -0.159. The van der Waals surface area contributed by atoms with Crippen LogP contribution in [-0.2, 0) is 0 Å². The molecule has 0 aliphatic carbocycles. The Labute approximate surface area is 55.9 Å². The summed E-state index contributed by atoms with van der Waals surface area (Å²) < 4.78 is 0. The molecule has 0 aliphatic heterocycles. The van der Waals surface area contributed by atoms with Gasteiger partial charge in [0.2, 0.25) is 0 Å². The lowest BCUT2D eigenvalue weighted by Gasteiger charge is -1.95. The van der Waals surface area contributed by atoms with Gasteiger partial charge in [-0.2, -0.15) is 0 Å². The molecule has 0 radical (unpaired) electrons. The largest absolute Gasteiger partial charge is 0.396 e. The first kappa shape index (κ1) is 10.5. The van der Waals surface area contributed by atoms with Gasteiger partial charge in [0.1, 0.15) is 0 Å². The molecule has 0 bridgehead atoms. The number of hydrogen-bond acceptors (Lipinski definition) is 1. The summed E-state index contributed by atoms with van der Waals surface area (Å²) in [6.07, 6.45) is 0.931. The van der Waals surface area contributed by atoms with Gasteiger partial charge >= 0.3 is 0 Å². The molecule has 1 N–H and O–H groups in total. The minimum absolute atomic E-state index is 0. The lowest BCUT2D eigenvalue weighted by atomic mass is 10.2. The van der Waals surface area contributed by atoms with Crippen LogP contribution in [0, 0.1) is 5.92 Å². The third kappa shape index (κ3) is 10.7. The van der Waals surface area contributed by atoms with Crippen LogP contribution in [-0.4, -0.2) is 29.1 Å². The molecule has 7 heavy (non-hydrogen) atoms. The van der Waals surface area contributed by atoms with Crippen molar-refractivity contribution in [1.29, 1.82) is 0 Å². The third-order valence-electron chi connectivity index (χ3n) is 0.706. The molecule has 1 nitrogen and oxygen atoms in total. The summed E-state index contributed by atoms with van der Waals surface area (Å²) in [5.41, 5.74) is 0. The van der Waals surface area contributed by atoms with Crippen molar-refractivity contribution >= 4 is 17.4 Å². The van der Waals surface area contributed by atoms with E-state index in [1.54, 1.807) is 0 Å². The van der Waals surface area contributed by atoms with Gasteiger partial charge in [0.25, 0.3) is 0 Å². The molecule has 0 saturated heterocycles. The molecule has 0 atom stereocenters. The lowest BCUT2D eigenvalue weighted by Crippen LogP contribution is -1.89. The van der Waals surface area contributed by atoms with E-state index in [-0.39, 0.29) is 17.4 Å². The molecule has 0 aromatic rings. The Balaban J connectivity index is 0. The Morgan fingerprint density at radius 2 is 1.86 bits per heavy atom. The SMILES string of the molecule is CC(C)CCO.[AlH3]. The quantitative estimate of drug-likeness (QED) is 0.499. The summed E-state index contributed by atoms with van der Waals surface area (Å²) in [6.45, 7) is 4.52. The zero-order valence-corrected chi connectivity index (χ0v) is 4.44. The highest BCUT2D eigenvalue weighted by molar-refractivity contribution is 5.75. The second-order valence-corrected chi connectivity index (χ2v) is 1.91. The fourth-order valence-electron chi connectivity index (χ4n) is 0.258. The van der Waals surface area contributed by atoms with Crippen molar-refractivity contribution in [2.45, 2.75) is 20.3 Å². The summed E-state index contributed by atoms with van der Waals surface area (Å²) in [4.78, 5) is 0. The van der Waals surface area contributed by atoms with Gasteiger partial charge in [-0.1, -0.05) is 13.8 Å². The van der Waals surface area contributed by atoms with E-state index in [1.807, 2.05) is 0 Å². The van der Waals surface area contributed by atoms with Crippen LogP contribution >= 0.6 is 0 Å². The molecule has 44 valence electrons. The molecule has 0 heterocycles. The zero-order valence-electron chi connectivity index (χ0n) is 4.44. The zero-order chi connectivity index (χ0) is 4.99. The maximum atomic E-state index is 8.24. The van der Waals surface area contributed by atoms with Gasteiger partial charge in [-0.3, -0.25) is 0 Å². The minimum Gasteiger partial charge on any atom is -0.396 e. The highest BCUT2D eigenvalue weighted by Gasteiger charge is 1.86. The normalized spacial score (nSPS) is 8.57. The Bertz CT molecular complexity index is 29.3. The second kappa shape index (κ2) is 6.49. The van der Waals surface area contributed by atoms with E-state index in [2.05, 4.69) is 13.8 Å². The Morgan fingerprint density at radius 1 is 1.43 bits per heavy atom. The minimum atomic E-state index is 0. The van der Waals surface area contributed by atoms with Crippen LogP contribution in [0.3, 0.4) is 0 Å². The van der Waals surface area contributed by atoms with Crippen molar-refractivity contribution in [2.24, 2.45) is 5.92 Å². The fourth-order valence-corrected chi connectivity index (χ4v) is 0.258. The van der Waals surface area contributed by atoms with Gasteiger partial charge in [0, 0.05) is 6.61 Å². The van der Waals surface area contributed by atoms with Crippen LogP contribution in [0.25, 0.3) is 0 Å². The molecular formula is C5H15AlO. The molecule has 0 aromatic heterocycles. The molecule has 0 fully saturated rings.